The van der Waals surface area contributed by atoms with E-state index in [4.69, 9.17) is 0 Å². The molecule has 0 atom stereocenters. The minimum atomic E-state index is -0.282. The van der Waals surface area contributed by atoms with Gasteiger partial charge in [-0.05, 0) is 48.6 Å². The zero-order valence-corrected chi connectivity index (χ0v) is 13.5. The number of nitrogens with zero attached hydrogens (tertiary/aromatic N) is 1. The van der Waals surface area contributed by atoms with Crippen molar-refractivity contribution in [3.05, 3.63) is 65.2 Å². The van der Waals surface area contributed by atoms with Gasteiger partial charge in [0.15, 0.2) is 0 Å². The van der Waals surface area contributed by atoms with Gasteiger partial charge in [0, 0.05) is 11.1 Å². The average molecular weight is 310 g/mol. The van der Waals surface area contributed by atoms with E-state index in [1.54, 1.807) is 30.3 Å². The van der Waals surface area contributed by atoms with Crippen LogP contribution in [0.15, 0.2) is 53.6 Å². The van der Waals surface area contributed by atoms with Gasteiger partial charge in [-0.1, -0.05) is 38.1 Å². The number of rotatable bonds is 6. The fourth-order valence-corrected chi connectivity index (χ4v) is 2.50. The molecule has 2 N–H and O–H groups in total. The minimum Gasteiger partial charge on any atom is -0.507 e. The molecule has 0 heterocycles. The van der Waals surface area contributed by atoms with Gasteiger partial charge in [-0.15, -0.1) is 0 Å². The normalized spacial score (nSPS) is 11.1. The summed E-state index contributed by atoms with van der Waals surface area (Å²) in [4.78, 5) is 11.9. The number of amides is 1. The van der Waals surface area contributed by atoms with E-state index in [-0.39, 0.29) is 11.7 Å². The first-order valence-corrected chi connectivity index (χ1v) is 7.87. The summed E-state index contributed by atoms with van der Waals surface area (Å²) < 4.78 is 0. The lowest BCUT2D eigenvalue weighted by atomic mass is 9.93. The maximum Gasteiger partial charge on any atom is 0.271 e. The topological polar surface area (TPSA) is 61.7 Å². The highest BCUT2D eigenvalue weighted by atomic mass is 16.3. The second-order valence-electron chi connectivity index (χ2n) is 5.40. The van der Waals surface area contributed by atoms with Gasteiger partial charge in [0.2, 0.25) is 0 Å². The molecule has 0 bridgehead atoms. The Balaban J connectivity index is 2.04. The van der Waals surface area contributed by atoms with Crippen molar-refractivity contribution in [2.24, 2.45) is 5.10 Å². The molecular weight excluding hydrogens is 288 g/mol. The molecule has 4 nitrogen and oxygen atoms in total. The van der Waals surface area contributed by atoms with Gasteiger partial charge < -0.3 is 5.11 Å². The summed E-state index contributed by atoms with van der Waals surface area (Å²) in [6.07, 6.45) is 3.53. The third-order valence-electron chi connectivity index (χ3n) is 3.92. The van der Waals surface area contributed by atoms with Crippen LogP contribution in [0.5, 0.6) is 5.75 Å². The second-order valence-corrected chi connectivity index (χ2v) is 5.40. The molecule has 2 aromatic rings. The standard InChI is InChI=1S/C19H22N2O2/c1-3-14(4-2)16-10-11-17(18(22)12-16)13-20-21-19(23)15-8-6-5-7-9-15/h5-14,22H,3-4H2,1-2H3,(H,21,23)/b20-13+. The van der Waals surface area contributed by atoms with Gasteiger partial charge in [-0.3, -0.25) is 4.79 Å². The number of carbonyl (C=O) groups is 1. The van der Waals surface area contributed by atoms with Crippen molar-refractivity contribution in [2.45, 2.75) is 32.6 Å². The van der Waals surface area contributed by atoms with Crippen molar-refractivity contribution in [3.8, 4) is 5.75 Å². The number of phenols is 1. The average Bonchev–Trinajstić information content (AvgIpc) is 2.58. The van der Waals surface area contributed by atoms with Crippen LogP contribution in [0.2, 0.25) is 0 Å². The number of aromatic hydroxyl groups is 1. The number of carbonyl (C=O) groups excluding carboxylic acids is 1. The van der Waals surface area contributed by atoms with Crippen LogP contribution in [-0.2, 0) is 0 Å². The van der Waals surface area contributed by atoms with Crippen LogP contribution in [0.1, 0.15) is 54.1 Å². The molecule has 0 aliphatic heterocycles. The van der Waals surface area contributed by atoms with Crippen LogP contribution >= 0.6 is 0 Å². The third-order valence-corrected chi connectivity index (χ3v) is 3.92. The van der Waals surface area contributed by atoms with Crippen LogP contribution < -0.4 is 5.43 Å². The predicted molar refractivity (Wildman–Crippen MR) is 92.9 cm³/mol. The molecule has 2 aromatic carbocycles. The first-order valence-electron chi connectivity index (χ1n) is 7.87. The Morgan fingerprint density at radius 3 is 2.48 bits per heavy atom. The third kappa shape index (κ3) is 4.42. The first-order chi connectivity index (χ1) is 11.2. The van der Waals surface area contributed by atoms with Gasteiger partial charge >= 0.3 is 0 Å². The van der Waals surface area contributed by atoms with Crippen LogP contribution in [0, 0.1) is 0 Å². The summed E-state index contributed by atoms with van der Waals surface area (Å²) >= 11 is 0. The van der Waals surface area contributed by atoms with E-state index in [2.05, 4.69) is 24.4 Å². The van der Waals surface area contributed by atoms with Crippen LogP contribution in [0.4, 0.5) is 0 Å². The quantitative estimate of drug-likeness (QED) is 0.624. The van der Waals surface area contributed by atoms with E-state index in [9.17, 15) is 9.90 Å². The molecule has 0 aliphatic rings. The number of nitrogens with one attached hydrogen (secondary N) is 1. The highest BCUT2D eigenvalue weighted by Crippen LogP contribution is 2.27. The largest absolute Gasteiger partial charge is 0.507 e. The Bertz CT molecular complexity index is 677. The Hall–Kier alpha value is -2.62. The van der Waals surface area contributed by atoms with Crippen molar-refractivity contribution >= 4 is 12.1 Å². The molecule has 1 amide bonds. The lowest BCUT2D eigenvalue weighted by Crippen LogP contribution is -2.17. The van der Waals surface area contributed by atoms with Gasteiger partial charge in [0.25, 0.3) is 5.91 Å². The van der Waals surface area contributed by atoms with Crippen LogP contribution in [-0.4, -0.2) is 17.2 Å². The smallest absolute Gasteiger partial charge is 0.271 e. The SMILES string of the molecule is CCC(CC)c1ccc(/C=N/NC(=O)c2ccccc2)c(O)c1. The van der Waals surface area contributed by atoms with Gasteiger partial charge in [0.05, 0.1) is 6.21 Å². The number of phenolic OH excluding ortho intramolecular Hbond substituents is 1. The summed E-state index contributed by atoms with van der Waals surface area (Å²) in [5, 5.41) is 14.0. The predicted octanol–water partition coefficient (Wildman–Crippen LogP) is 4.06. The maximum absolute atomic E-state index is 11.9. The summed E-state index contributed by atoms with van der Waals surface area (Å²) in [6, 6.07) is 14.5. The van der Waals surface area contributed by atoms with Gasteiger partial charge in [0.1, 0.15) is 5.75 Å². The molecule has 0 aromatic heterocycles. The van der Waals surface area contributed by atoms with E-state index in [0.29, 0.717) is 17.0 Å². The minimum absolute atomic E-state index is 0.173. The molecule has 0 aliphatic carbocycles. The molecule has 120 valence electrons. The molecule has 0 saturated heterocycles. The lowest BCUT2D eigenvalue weighted by Gasteiger charge is -2.13. The Labute approximate surface area is 136 Å². The maximum atomic E-state index is 11.9. The fourth-order valence-electron chi connectivity index (χ4n) is 2.50. The Morgan fingerprint density at radius 1 is 1.17 bits per heavy atom. The molecule has 0 saturated carbocycles. The highest BCUT2D eigenvalue weighted by molar-refractivity contribution is 5.95. The van der Waals surface area contributed by atoms with Gasteiger partial charge in [-0.25, -0.2) is 5.43 Å². The number of hydrogen-bond donors (Lipinski definition) is 2. The molecule has 4 heteroatoms. The summed E-state index contributed by atoms with van der Waals surface area (Å²) in [6.45, 7) is 4.28. The highest BCUT2D eigenvalue weighted by Gasteiger charge is 2.09. The van der Waals surface area contributed by atoms with Crippen molar-refractivity contribution in [2.75, 3.05) is 0 Å². The van der Waals surface area contributed by atoms with E-state index in [1.807, 2.05) is 18.2 Å². The second kappa shape index (κ2) is 8.13. The van der Waals surface area contributed by atoms with E-state index >= 15 is 0 Å². The van der Waals surface area contributed by atoms with Crippen molar-refractivity contribution in [3.63, 3.8) is 0 Å². The molecule has 0 fully saturated rings. The van der Waals surface area contributed by atoms with Crippen molar-refractivity contribution in [1.82, 2.24) is 5.43 Å². The molecule has 2 rings (SSSR count). The fraction of sp³-hybridized carbons (Fsp3) is 0.263. The first kappa shape index (κ1) is 16.7. The summed E-state index contributed by atoms with van der Waals surface area (Å²) in [5.74, 6) is 0.340. The Morgan fingerprint density at radius 2 is 1.87 bits per heavy atom. The molecule has 23 heavy (non-hydrogen) atoms. The number of benzene rings is 2. The van der Waals surface area contributed by atoms with Crippen molar-refractivity contribution < 1.29 is 9.90 Å². The van der Waals surface area contributed by atoms with Crippen LogP contribution in [0.3, 0.4) is 0 Å². The monoisotopic (exact) mass is 310 g/mol. The number of hydrogen-bond acceptors (Lipinski definition) is 3. The van der Waals surface area contributed by atoms with E-state index in [1.165, 1.54) is 6.21 Å². The van der Waals surface area contributed by atoms with E-state index in [0.717, 1.165) is 18.4 Å². The van der Waals surface area contributed by atoms with Crippen LogP contribution in [0.25, 0.3) is 0 Å². The Kier molecular flexibility index (Phi) is 5.92. The zero-order chi connectivity index (χ0) is 16.7. The van der Waals surface area contributed by atoms with Gasteiger partial charge in [-0.2, -0.15) is 5.10 Å². The van der Waals surface area contributed by atoms with Crippen molar-refractivity contribution in [1.29, 1.82) is 0 Å². The number of hydrazone groups is 1. The zero-order valence-electron chi connectivity index (χ0n) is 13.5. The molecular formula is C19H22N2O2. The van der Waals surface area contributed by atoms with E-state index < -0.39 is 0 Å². The molecule has 0 spiro atoms. The lowest BCUT2D eigenvalue weighted by molar-refractivity contribution is 0.0955. The summed E-state index contributed by atoms with van der Waals surface area (Å²) in [7, 11) is 0. The summed E-state index contributed by atoms with van der Waals surface area (Å²) in [5.41, 5.74) is 4.69. The molecule has 0 unspecified atom stereocenters. The molecule has 0 radical (unpaired) electrons.